The Morgan fingerprint density at radius 1 is 0.900 bits per heavy atom. The van der Waals surface area contributed by atoms with Gasteiger partial charge >= 0.3 is 0 Å². The van der Waals surface area contributed by atoms with E-state index in [0.29, 0.717) is 12.2 Å². The van der Waals surface area contributed by atoms with Crippen LogP contribution in [0, 0.1) is 0 Å². The minimum absolute atomic E-state index is 0.236. The molecular formula is C7H10Cl2O. The van der Waals surface area contributed by atoms with Crippen molar-refractivity contribution in [3.63, 3.8) is 0 Å². The van der Waals surface area contributed by atoms with Gasteiger partial charge in [0.25, 0.3) is 0 Å². The summed E-state index contributed by atoms with van der Waals surface area (Å²) >= 11 is 11.9. The van der Waals surface area contributed by atoms with Gasteiger partial charge in [-0.3, -0.25) is 0 Å². The lowest BCUT2D eigenvalue weighted by molar-refractivity contribution is 0.338. The van der Waals surface area contributed by atoms with Gasteiger partial charge in [0.2, 0.25) is 0 Å². The van der Waals surface area contributed by atoms with E-state index in [0.717, 1.165) is 19.3 Å². The average molecular weight is 181 g/mol. The molecule has 0 aromatic rings. The van der Waals surface area contributed by atoms with Gasteiger partial charge in [-0.1, -0.05) is 0 Å². The van der Waals surface area contributed by atoms with Crippen LogP contribution >= 0.6 is 23.2 Å². The number of hydrogen-bond donors (Lipinski definition) is 0. The zero-order valence-corrected chi connectivity index (χ0v) is 7.11. The van der Waals surface area contributed by atoms with Crippen LogP contribution in [-0.4, -0.2) is 23.0 Å². The van der Waals surface area contributed by atoms with Gasteiger partial charge in [-0.25, -0.2) is 0 Å². The minimum Gasteiger partial charge on any atom is -0.369 e. The lowest BCUT2D eigenvalue weighted by Crippen LogP contribution is -2.07. The van der Waals surface area contributed by atoms with Crippen molar-refractivity contribution in [3.8, 4) is 0 Å². The summed E-state index contributed by atoms with van der Waals surface area (Å²) in [5, 5.41) is 0.472. The van der Waals surface area contributed by atoms with Crippen molar-refractivity contribution in [1.29, 1.82) is 0 Å². The van der Waals surface area contributed by atoms with Crippen LogP contribution in [0.3, 0.4) is 0 Å². The molecule has 2 aliphatic rings. The number of rotatable bonds is 0. The number of epoxide rings is 1. The van der Waals surface area contributed by atoms with E-state index in [-0.39, 0.29) is 10.8 Å². The maximum absolute atomic E-state index is 5.97. The minimum atomic E-state index is 0.236. The molecule has 0 aromatic carbocycles. The molecular weight excluding hydrogens is 171 g/mol. The molecule has 58 valence electrons. The molecule has 1 saturated carbocycles. The molecule has 0 N–H and O–H groups in total. The smallest absolute Gasteiger partial charge is 0.0856 e. The van der Waals surface area contributed by atoms with E-state index in [9.17, 15) is 0 Å². The second kappa shape index (κ2) is 2.54. The molecule has 0 aromatic heterocycles. The van der Waals surface area contributed by atoms with Crippen molar-refractivity contribution in [1.82, 2.24) is 0 Å². The molecule has 0 radical (unpaired) electrons. The van der Waals surface area contributed by atoms with Crippen LogP contribution in [0.5, 0.6) is 0 Å². The average Bonchev–Trinajstić information content (AvgIpc) is 2.43. The van der Waals surface area contributed by atoms with E-state index >= 15 is 0 Å². The highest BCUT2D eigenvalue weighted by Crippen LogP contribution is 2.38. The Bertz CT molecular complexity index is 122. The predicted octanol–water partition coefficient (Wildman–Crippen LogP) is 2.15. The van der Waals surface area contributed by atoms with Gasteiger partial charge in [0, 0.05) is 10.8 Å². The first-order valence-electron chi connectivity index (χ1n) is 3.69. The molecule has 0 amide bonds. The monoisotopic (exact) mass is 180 g/mol. The summed E-state index contributed by atoms with van der Waals surface area (Å²) in [5.74, 6) is 0. The molecule has 1 heterocycles. The van der Waals surface area contributed by atoms with Crippen molar-refractivity contribution < 1.29 is 4.74 Å². The Morgan fingerprint density at radius 2 is 1.40 bits per heavy atom. The number of halogens is 2. The molecule has 10 heavy (non-hydrogen) atoms. The normalized spacial score (nSPS) is 53.4. The number of alkyl halides is 2. The molecule has 1 aliphatic heterocycles. The van der Waals surface area contributed by atoms with E-state index in [1.54, 1.807) is 0 Å². The molecule has 4 atom stereocenters. The topological polar surface area (TPSA) is 12.5 Å². The Morgan fingerprint density at radius 3 is 1.90 bits per heavy atom. The molecule has 2 fully saturated rings. The number of fused-ring (bicyclic) bond motifs is 1. The lowest BCUT2D eigenvalue weighted by Gasteiger charge is -2.08. The summed E-state index contributed by atoms with van der Waals surface area (Å²) in [6.45, 7) is 0. The van der Waals surface area contributed by atoms with Gasteiger partial charge in [-0.05, 0) is 19.3 Å². The van der Waals surface area contributed by atoms with Crippen LogP contribution in [0.2, 0.25) is 0 Å². The maximum atomic E-state index is 5.97. The van der Waals surface area contributed by atoms with Gasteiger partial charge in [-0.2, -0.15) is 0 Å². The standard InChI is InChI=1S/C7H10Cl2O/c8-4-1-5(9)3-7-6(2-4)10-7/h4-7H,1-3H2. The van der Waals surface area contributed by atoms with Gasteiger partial charge in [0.05, 0.1) is 12.2 Å². The van der Waals surface area contributed by atoms with Crippen LogP contribution in [-0.2, 0) is 4.74 Å². The van der Waals surface area contributed by atoms with E-state index in [2.05, 4.69) is 0 Å². The Hall–Kier alpha value is 0.540. The van der Waals surface area contributed by atoms with Crippen LogP contribution in [0.4, 0.5) is 0 Å². The van der Waals surface area contributed by atoms with Crippen LogP contribution < -0.4 is 0 Å². The fourth-order valence-electron chi connectivity index (χ4n) is 1.57. The fourth-order valence-corrected chi connectivity index (χ4v) is 2.44. The van der Waals surface area contributed by atoms with Gasteiger partial charge in [0.15, 0.2) is 0 Å². The van der Waals surface area contributed by atoms with E-state index in [4.69, 9.17) is 27.9 Å². The summed E-state index contributed by atoms with van der Waals surface area (Å²) < 4.78 is 5.33. The summed E-state index contributed by atoms with van der Waals surface area (Å²) in [6.07, 6.45) is 3.81. The van der Waals surface area contributed by atoms with Crippen molar-refractivity contribution in [3.05, 3.63) is 0 Å². The number of hydrogen-bond acceptors (Lipinski definition) is 1. The first kappa shape index (κ1) is 7.20. The molecule has 0 bridgehead atoms. The molecule has 2 rings (SSSR count). The molecule has 4 unspecified atom stereocenters. The Balaban J connectivity index is 1.96. The quantitative estimate of drug-likeness (QED) is 0.412. The van der Waals surface area contributed by atoms with Crippen molar-refractivity contribution in [2.24, 2.45) is 0 Å². The Kier molecular flexibility index (Phi) is 1.83. The fraction of sp³-hybridized carbons (Fsp3) is 1.00. The highest BCUT2D eigenvalue weighted by Gasteiger charge is 2.43. The molecule has 1 aliphatic carbocycles. The summed E-state index contributed by atoms with van der Waals surface area (Å²) in [7, 11) is 0. The summed E-state index contributed by atoms with van der Waals surface area (Å²) in [4.78, 5) is 0. The second-order valence-corrected chi connectivity index (χ2v) is 4.35. The summed E-state index contributed by atoms with van der Waals surface area (Å²) in [5.41, 5.74) is 0. The zero-order valence-electron chi connectivity index (χ0n) is 5.59. The molecule has 1 nitrogen and oxygen atoms in total. The summed E-state index contributed by atoms with van der Waals surface area (Å²) in [6, 6.07) is 0. The highest BCUT2D eigenvalue weighted by molar-refractivity contribution is 6.23. The van der Waals surface area contributed by atoms with E-state index in [1.807, 2.05) is 0 Å². The largest absolute Gasteiger partial charge is 0.369 e. The van der Waals surface area contributed by atoms with Crippen LogP contribution in [0.1, 0.15) is 19.3 Å². The van der Waals surface area contributed by atoms with Crippen molar-refractivity contribution in [2.45, 2.75) is 42.2 Å². The lowest BCUT2D eigenvalue weighted by atomic mass is 10.2. The highest BCUT2D eigenvalue weighted by atomic mass is 35.5. The van der Waals surface area contributed by atoms with Gasteiger partial charge in [-0.15, -0.1) is 23.2 Å². The van der Waals surface area contributed by atoms with Gasteiger partial charge < -0.3 is 4.74 Å². The van der Waals surface area contributed by atoms with Gasteiger partial charge in [0.1, 0.15) is 0 Å². The van der Waals surface area contributed by atoms with Crippen molar-refractivity contribution >= 4 is 23.2 Å². The molecule has 1 saturated heterocycles. The Labute approximate surface area is 70.6 Å². The van der Waals surface area contributed by atoms with E-state index in [1.165, 1.54) is 0 Å². The maximum Gasteiger partial charge on any atom is 0.0856 e. The third kappa shape index (κ3) is 1.41. The van der Waals surface area contributed by atoms with Crippen LogP contribution in [0.15, 0.2) is 0 Å². The SMILES string of the molecule is ClC1CC(Cl)CC2OC2C1. The first-order valence-corrected chi connectivity index (χ1v) is 4.56. The first-order chi connectivity index (χ1) is 4.75. The molecule has 3 heteroatoms. The third-order valence-electron chi connectivity index (χ3n) is 2.18. The van der Waals surface area contributed by atoms with E-state index < -0.39 is 0 Å². The zero-order chi connectivity index (χ0) is 7.14. The third-order valence-corrected chi connectivity index (χ3v) is 2.89. The number of ether oxygens (including phenoxy) is 1. The predicted molar refractivity (Wildman–Crippen MR) is 41.8 cm³/mol. The van der Waals surface area contributed by atoms with Crippen molar-refractivity contribution in [2.75, 3.05) is 0 Å². The molecule has 0 spiro atoms. The van der Waals surface area contributed by atoms with Crippen LogP contribution in [0.25, 0.3) is 0 Å². The second-order valence-electron chi connectivity index (χ2n) is 3.11.